The summed E-state index contributed by atoms with van der Waals surface area (Å²) in [7, 11) is 0. The van der Waals surface area contributed by atoms with Gasteiger partial charge in [0.15, 0.2) is 0 Å². The molecule has 0 aromatic heterocycles. The van der Waals surface area contributed by atoms with Crippen LogP contribution in [0.4, 0.5) is 4.79 Å². The number of carbonyl (C=O) groups is 1. The van der Waals surface area contributed by atoms with Crippen LogP contribution in [0, 0.1) is 23.2 Å². The van der Waals surface area contributed by atoms with Gasteiger partial charge in [-0.15, -0.1) is 0 Å². The summed E-state index contributed by atoms with van der Waals surface area (Å²) in [5.41, 5.74) is 0.275. The number of urea groups is 1. The Morgan fingerprint density at radius 2 is 2.09 bits per heavy atom. The van der Waals surface area contributed by atoms with Crippen LogP contribution in [0.3, 0.4) is 0 Å². The minimum atomic E-state index is -0.0568. The number of ether oxygens (including phenoxy) is 1. The highest BCUT2D eigenvalue weighted by Gasteiger charge is 2.48. The molecular formula is C17H30N2O3. The highest BCUT2D eigenvalue weighted by molar-refractivity contribution is 5.74. The zero-order chi connectivity index (χ0) is 15.6. The zero-order valence-electron chi connectivity index (χ0n) is 13.6. The molecule has 22 heavy (non-hydrogen) atoms. The van der Waals surface area contributed by atoms with Crippen LogP contribution < -0.4 is 10.6 Å². The molecule has 2 bridgehead atoms. The monoisotopic (exact) mass is 310 g/mol. The molecule has 0 aliphatic heterocycles. The Kier molecular flexibility index (Phi) is 4.93. The van der Waals surface area contributed by atoms with Crippen molar-refractivity contribution >= 4 is 6.03 Å². The summed E-state index contributed by atoms with van der Waals surface area (Å²) in [6, 6.07) is 0.112. The van der Waals surface area contributed by atoms with E-state index in [9.17, 15) is 9.90 Å². The second-order valence-electron chi connectivity index (χ2n) is 7.48. The second-order valence-corrected chi connectivity index (χ2v) is 7.48. The number of hydrogen-bond donors (Lipinski definition) is 3. The van der Waals surface area contributed by atoms with Crippen molar-refractivity contribution in [2.45, 2.75) is 51.5 Å². The molecule has 3 N–H and O–H groups in total. The van der Waals surface area contributed by atoms with Crippen molar-refractivity contribution in [3.63, 3.8) is 0 Å². The zero-order valence-corrected chi connectivity index (χ0v) is 13.6. The summed E-state index contributed by atoms with van der Waals surface area (Å²) in [6.07, 6.45) is 7.01. The van der Waals surface area contributed by atoms with E-state index >= 15 is 0 Å². The fourth-order valence-corrected chi connectivity index (χ4v) is 4.49. The largest absolute Gasteiger partial charge is 0.396 e. The summed E-state index contributed by atoms with van der Waals surface area (Å²) in [4.78, 5) is 12.2. The van der Waals surface area contributed by atoms with Crippen molar-refractivity contribution in [1.82, 2.24) is 10.6 Å². The number of amides is 2. The van der Waals surface area contributed by atoms with Crippen LogP contribution in [0.5, 0.6) is 0 Å². The number of fused-ring (bicyclic) bond motifs is 2. The Morgan fingerprint density at radius 1 is 1.32 bits per heavy atom. The van der Waals surface area contributed by atoms with Crippen LogP contribution in [0.1, 0.15) is 45.4 Å². The van der Waals surface area contributed by atoms with Gasteiger partial charge < -0.3 is 20.5 Å². The highest BCUT2D eigenvalue weighted by Crippen LogP contribution is 2.49. The molecule has 0 heterocycles. The Balaban J connectivity index is 1.41. The van der Waals surface area contributed by atoms with Crippen LogP contribution in [0.15, 0.2) is 0 Å². The lowest BCUT2D eigenvalue weighted by molar-refractivity contribution is 0.127. The van der Waals surface area contributed by atoms with Gasteiger partial charge in [0.25, 0.3) is 0 Å². The van der Waals surface area contributed by atoms with E-state index in [0.29, 0.717) is 11.8 Å². The van der Waals surface area contributed by atoms with Crippen LogP contribution in [-0.4, -0.2) is 43.5 Å². The van der Waals surface area contributed by atoms with E-state index in [1.165, 1.54) is 32.1 Å². The molecule has 0 saturated heterocycles. The van der Waals surface area contributed by atoms with Crippen molar-refractivity contribution in [2.75, 3.05) is 26.4 Å². The summed E-state index contributed by atoms with van der Waals surface area (Å²) < 4.78 is 5.43. The minimum absolute atomic E-state index is 0.0568. The third kappa shape index (κ3) is 3.40. The van der Waals surface area contributed by atoms with Gasteiger partial charge in [0.2, 0.25) is 0 Å². The first kappa shape index (κ1) is 16.1. The van der Waals surface area contributed by atoms with Crippen LogP contribution >= 0.6 is 0 Å². The van der Waals surface area contributed by atoms with Gasteiger partial charge in [0.05, 0.1) is 0 Å². The molecule has 4 unspecified atom stereocenters. The molecule has 3 aliphatic carbocycles. The summed E-state index contributed by atoms with van der Waals surface area (Å²) in [6.45, 7) is 4.51. The standard InChI is InChI=1S/C17H30N2O3/c1-2-22-8-7-17(5-6-17)11-18-16(21)19-15-13-4-3-12(9-13)14(15)10-20/h12-15,20H,2-11H2,1H3,(H2,18,19,21). The maximum absolute atomic E-state index is 12.2. The van der Waals surface area contributed by atoms with Gasteiger partial charge in [-0.2, -0.15) is 0 Å². The van der Waals surface area contributed by atoms with Gasteiger partial charge in [-0.25, -0.2) is 4.79 Å². The first-order valence-corrected chi connectivity index (χ1v) is 8.90. The van der Waals surface area contributed by atoms with Crippen molar-refractivity contribution in [2.24, 2.45) is 23.2 Å². The van der Waals surface area contributed by atoms with Crippen LogP contribution in [-0.2, 0) is 4.74 Å². The van der Waals surface area contributed by atoms with E-state index in [2.05, 4.69) is 10.6 Å². The normalized spacial score (nSPS) is 34.6. The maximum Gasteiger partial charge on any atom is 0.315 e. The number of carbonyl (C=O) groups excluding carboxylic acids is 1. The Labute approximate surface area is 133 Å². The fourth-order valence-electron chi connectivity index (χ4n) is 4.49. The van der Waals surface area contributed by atoms with Gasteiger partial charge in [-0.3, -0.25) is 0 Å². The van der Waals surface area contributed by atoms with E-state index in [4.69, 9.17) is 4.74 Å². The number of rotatable bonds is 8. The molecule has 0 aromatic carbocycles. The first-order valence-electron chi connectivity index (χ1n) is 8.90. The Bertz CT molecular complexity index is 397. The lowest BCUT2D eigenvalue weighted by Gasteiger charge is -2.30. The predicted molar refractivity (Wildman–Crippen MR) is 84.5 cm³/mol. The lowest BCUT2D eigenvalue weighted by Crippen LogP contribution is -2.50. The van der Waals surface area contributed by atoms with E-state index in [0.717, 1.165) is 26.2 Å². The van der Waals surface area contributed by atoms with Crippen molar-refractivity contribution < 1.29 is 14.6 Å². The SMILES string of the molecule is CCOCCC1(CNC(=O)NC2C3CCC(C3)C2CO)CC1. The summed E-state index contributed by atoms with van der Waals surface area (Å²) in [5.74, 6) is 1.44. The Morgan fingerprint density at radius 3 is 2.77 bits per heavy atom. The smallest absolute Gasteiger partial charge is 0.315 e. The third-order valence-electron chi connectivity index (χ3n) is 6.16. The van der Waals surface area contributed by atoms with Crippen molar-refractivity contribution in [3.8, 4) is 0 Å². The number of hydrogen-bond acceptors (Lipinski definition) is 3. The molecule has 5 nitrogen and oxygen atoms in total. The predicted octanol–water partition coefficient (Wildman–Crippen LogP) is 1.90. The Hall–Kier alpha value is -0.810. The molecule has 126 valence electrons. The number of aliphatic hydroxyl groups is 1. The third-order valence-corrected chi connectivity index (χ3v) is 6.16. The molecule has 3 saturated carbocycles. The van der Waals surface area contributed by atoms with Crippen LogP contribution in [0.2, 0.25) is 0 Å². The molecule has 5 heteroatoms. The van der Waals surface area contributed by atoms with E-state index in [1.54, 1.807) is 0 Å². The number of aliphatic hydroxyl groups excluding tert-OH is 1. The molecule has 3 fully saturated rings. The highest BCUT2D eigenvalue weighted by atomic mass is 16.5. The van der Waals surface area contributed by atoms with Gasteiger partial charge in [-0.05, 0) is 62.7 Å². The van der Waals surface area contributed by atoms with Gasteiger partial charge in [0.1, 0.15) is 0 Å². The molecule has 3 rings (SSSR count). The average Bonchev–Trinajstić information content (AvgIpc) is 3.00. The summed E-state index contributed by atoms with van der Waals surface area (Å²) in [5, 5.41) is 15.8. The van der Waals surface area contributed by atoms with Crippen molar-refractivity contribution in [1.29, 1.82) is 0 Å². The molecular weight excluding hydrogens is 280 g/mol. The average molecular weight is 310 g/mol. The molecule has 4 atom stereocenters. The number of nitrogens with one attached hydrogen (secondary N) is 2. The summed E-state index contributed by atoms with van der Waals surface area (Å²) >= 11 is 0. The van der Waals surface area contributed by atoms with E-state index < -0.39 is 0 Å². The van der Waals surface area contributed by atoms with Gasteiger partial charge >= 0.3 is 6.03 Å². The quantitative estimate of drug-likeness (QED) is 0.600. The maximum atomic E-state index is 12.2. The fraction of sp³-hybridized carbons (Fsp3) is 0.941. The van der Waals surface area contributed by atoms with Gasteiger partial charge in [-0.1, -0.05) is 0 Å². The first-order chi connectivity index (χ1) is 10.7. The molecule has 0 spiro atoms. The lowest BCUT2D eigenvalue weighted by atomic mass is 9.85. The molecule has 2 amide bonds. The van der Waals surface area contributed by atoms with Crippen LogP contribution in [0.25, 0.3) is 0 Å². The van der Waals surface area contributed by atoms with Gasteiger partial charge in [0, 0.05) is 38.3 Å². The second kappa shape index (κ2) is 6.75. The molecule has 0 aromatic rings. The topological polar surface area (TPSA) is 70.6 Å². The minimum Gasteiger partial charge on any atom is -0.396 e. The van der Waals surface area contributed by atoms with E-state index in [-0.39, 0.29) is 30.0 Å². The molecule has 3 aliphatic rings. The molecule has 0 radical (unpaired) electrons. The van der Waals surface area contributed by atoms with E-state index in [1.807, 2.05) is 6.92 Å². The van der Waals surface area contributed by atoms with Crippen molar-refractivity contribution in [3.05, 3.63) is 0 Å².